The van der Waals surface area contributed by atoms with E-state index in [4.69, 9.17) is 0 Å². The minimum Gasteiger partial charge on any atom is -0.334 e. The van der Waals surface area contributed by atoms with Crippen LogP contribution in [0.2, 0.25) is 0 Å². The molecule has 1 aliphatic rings. The van der Waals surface area contributed by atoms with Crippen molar-refractivity contribution in [2.75, 3.05) is 6.54 Å². The van der Waals surface area contributed by atoms with Crippen molar-refractivity contribution in [3.05, 3.63) is 47.2 Å². The monoisotopic (exact) mass is 338 g/mol. The molecule has 0 saturated carbocycles. The minimum absolute atomic E-state index is 0.0112. The van der Waals surface area contributed by atoms with Gasteiger partial charge in [-0.25, -0.2) is 9.50 Å². The van der Waals surface area contributed by atoms with Crippen LogP contribution in [-0.4, -0.2) is 47.8 Å². The largest absolute Gasteiger partial charge is 0.334 e. The molecule has 4 rings (SSSR count). The first-order chi connectivity index (χ1) is 12.0. The van der Waals surface area contributed by atoms with Gasteiger partial charge in [-0.1, -0.05) is 0 Å². The number of rotatable bonds is 3. The number of likely N-dealkylation sites (tertiary alicyclic amines) is 1. The van der Waals surface area contributed by atoms with Crippen LogP contribution in [0.1, 0.15) is 40.3 Å². The minimum atomic E-state index is 0.0112. The van der Waals surface area contributed by atoms with Crippen LogP contribution in [-0.2, 0) is 6.54 Å². The zero-order chi connectivity index (χ0) is 17.6. The standard InChI is InChI=1S/C18H22N6O/c1-12-6-8-23-17(20-12)16(10-19-23)18(25)22-7-4-5-15(22)11-24-14(3)9-13(2)21-24/h6,8-10,15H,4-5,7,11H2,1-3H3. The molecule has 0 aliphatic carbocycles. The zero-order valence-corrected chi connectivity index (χ0v) is 14.8. The Balaban J connectivity index is 1.62. The Labute approximate surface area is 146 Å². The Hall–Kier alpha value is -2.70. The highest BCUT2D eigenvalue weighted by atomic mass is 16.2. The molecule has 0 spiro atoms. The fourth-order valence-corrected chi connectivity index (χ4v) is 3.62. The molecule has 4 heterocycles. The van der Waals surface area contributed by atoms with Gasteiger partial charge in [-0.3, -0.25) is 9.48 Å². The van der Waals surface area contributed by atoms with E-state index in [2.05, 4.69) is 28.2 Å². The summed E-state index contributed by atoms with van der Waals surface area (Å²) in [6.07, 6.45) is 5.48. The summed E-state index contributed by atoms with van der Waals surface area (Å²) < 4.78 is 3.66. The molecular formula is C18H22N6O. The third kappa shape index (κ3) is 2.79. The molecule has 1 atom stereocenters. The van der Waals surface area contributed by atoms with Gasteiger partial charge in [0, 0.05) is 24.1 Å². The third-order valence-corrected chi connectivity index (χ3v) is 4.86. The molecule has 0 N–H and O–H groups in total. The van der Waals surface area contributed by atoms with E-state index in [-0.39, 0.29) is 11.9 Å². The SMILES string of the molecule is Cc1ccn2ncc(C(=O)N3CCCC3Cn3nc(C)cc3C)c2n1. The van der Waals surface area contributed by atoms with Crippen LogP contribution >= 0.6 is 0 Å². The summed E-state index contributed by atoms with van der Waals surface area (Å²) in [5, 5.41) is 8.81. The maximum atomic E-state index is 13.1. The molecule has 0 radical (unpaired) electrons. The molecule has 25 heavy (non-hydrogen) atoms. The van der Waals surface area contributed by atoms with Gasteiger partial charge in [-0.2, -0.15) is 10.2 Å². The number of fused-ring (bicyclic) bond motifs is 1. The lowest BCUT2D eigenvalue weighted by Crippen LogP contribution is -2.38. The highest BCUT2D eigenvalue weighted by molar-refractivity contribution is 5.99. The number of carbonyl (C=O) groups is 1. The fourth-order valence-electron chi connectivity index (χ4n) is 3.62. The summed E-state index contributed by atoms with van der Waals surface area (Å²) in [5.74, 6) is 0.0112. The number of hydrogen-bond donors (Lipinski definition) is 0. The molecule has 1 saturated heterocycles. The van der Waals surface area contributed by atoms with Gasteiger partial charge in [0.2, 0.25) is 0 Å². The molecule has 7 nitrogen and oxygen atoms in total. The highest BCUT2D eigenvalue weighted by Gasteiger charge is 2.32. The summed E-state index contributed by atoms with van der Waals surface area (Å²) in [5.41, 5.74) is 4.22. The second-order valence-corrected chi connectivity index (χ2v) is 6.80. The second-order valence-electron chi connectivity index (χ2n) is 6.80. The molecule has 1 fully saturated rings. The van der Waals surface area contributed by atoms with Crippen molar-refractivity contribution in [2.24, 2.45) is 0 Å². The normalized spacial score (nSPS) is 17.6. The maximum absolute atomic E-state index is 13.1. The van der Waals surface area contributed by atoms with E-state index >= 15 is 0 Å². The lowest BCUT2D eigenvalue weighted by atomic mass is 10.2. The summed E-state index contributed by atoms with van der Waals surface area (Å²) in [6, 6.07) is 4.11. The van der Waals surface area contributed by atoms with Crippen LogP contribution < -0.4 is 0 Å². The second kappa shape index (κ2) is 5.98. The lowest BCUT2D eigenvalue weighted by Gasteiger charge is -2.24. The van der Waals surface area contributed by atoms with Crippen LogP contribution in [0.4, 0.5) is 0 Å². The Bertz CT molecular complexity index is 940. The number of amides is 1. The Kier molecular flexibility index (Phi) is 3.78. The summed E-state index contributed by atoms with van der Waals surface area (Å²) in [7, 11) is 0. The molecule has 0 bridgehead atoms. The molecule has 0 aromatic carbocycles. The first-order valence-electron chi connectivity index (χ1n) is 8.66. The highest BCUT2D eigenvalue weighted by Crippen LogP contribution is 2.23. The van der Waals surface area contributed by atoms with E-state index in [0.29, 0.717) is 11.2 Å². The third-order valence-electron chi connectivity index (χ3n) is 4.86. The van der Waals surface area contributed by atoms with Gasteiger partial charge in [-0.05, 0) is 45.7 Å². The lowest BCUT2D eigenvalue weighted by molar-refractivity contribution is 0.0723. The van der Waals surface area contributed by atoms with Crippen molar-refractivity contribution in [2.45, 2.75) is 46.2 Å². The number of aromatic nitrogens is 5. The van der Waals surface area contributed by atoms with Crippen LogP contribution in [0.15, 0.2) is 24.5 Å². The van der Waals surface area contributed by atoms with Crippen molar-refractivity contribution in [1.29, 1.82) is 0 Å². The van der Waals surface area contributed by atoms with Crippen LogP contribution in [0.25, 0.3) is 5.65 Å². The quantitative estimate of drug-likeness (QED) is 0.734. The number of nitrogens with zero attached hydrogens (tertiary/aromatic N) is 6. The van der Waals surface area contributed by atoms with Gasteiger partial charge in [0.25, 0.3) is 5.91 Å². The predicted octanol–water partition coefficient (Wildman–Crippen LogP) is 2.16. The molecule has 1 aliphatic heterocycles. The van der Waals surface area contributed by atoms with E-state index in [1.54, 1.807) is 10.7 Å². The summed E-state index contributed by atoms with van der Waals surface area (Å²) >= 11 is 0. The summed E-state index contributed by atoms with van der Waals surface area (Å²) in [4.78, 5) is 19.6. The average Bonchev–Trinajstić information content (AvgIpc) is 3.26. The molecule has 7 heteroatoms. The van der Waals surface area contributed by atoms with Gasteiger partial charge in [-0.15, -0.1) is 0 Å². The number of aryl methyl sites for hydroxylation is 3. The van der Waals surface area contributed by atoms with Crippen LogP contribution in [0, 0.1) is 20.8 Å². The summed E-state index contributed by atoms with van der Waals surface area (Å²) in [6.45, 7) is 7.47. The zero-order valence-electron chi connectivity index (χ0n) is 14.8. The van der Waals surface area contributed by atoms with Crippen LogP contribution in [0.3, 0.4) is 0 Å². The molecular weight excluding hydrogens is 316 g/mol. The van der Waals surface area contributed by atoms with Crippen molar-refractivity contribution in [3.8, 4) is 0 Å². The van der Waals surface area contributed by atoms with E-state index < -0.39 is 0 Å². The molecule has 3 aromatic heterocycles. The molecule has 1 amide bonds. The van der Waals surface area contributed by atoms with Gasteiger partial charge < -0.3 is 4.90 Å². The first-order valence-corrected chi connectivity index (χ1v) is 8.66. The van der Waals surface area contributed by atoms with E-state index in [1.807, 2.05) is 35.7 Å². The maximum Gasteiger partial charge on any atom is 0.259 e. The van der Waals surface area contributed by atoms with Gasteiger partial charge >= 0.3 is 0 Å². The predicted molar refractivity (Wildman–Crippen MR) is 93.5 cm³/mol. The van der Waals surface area contributed by atoms with Crippen LogP contribution in [0.5, 0.6) is 0 Å². The molecule has 1 unspecified atom stereocenters. The van der Waals surface area contributed by atoms with E-state index in [1.165, 1.54) is 0 Å². The average molecular weight is 338 g/mol. The molecule has 130 valence electrons. The first kappa shape index (κ1) is 15.8. The Morgan fingerprint density at radius 1 is 1.28 bits per heavy atom. The van der Waals surface area contributed by atoms with Gasteiger partial charge in [0.05, 0.1) is 24.5 Å². The van der Waals surface area contributed by atoms with Crippen molar-refractivity contribution < 1.29 is 4.79 Å². The Morgan fingerprint density at radius 2 is 2.12 bits per heavy atom. The Morgan fingerprint density at radius 3 is 2.88 bits per heavy atom. The van der Waals surface area contributed by atoms with E-state index in [9.17, 15) is 4.79 Å². The van der Waals surface area contributed by atoms with E-state index in [0.717, 1.165) is 43.0 Å². The number of carbonyl (C=O) groups excluding carboxylic acids is 1. The van der Waals surface area contributed by atoms with Gasteiger partial charge in [0.15, 0.2) is 5.65 Å². The van der Waals surface area contributed by atoms with Crippen molar-refractivity contribution in [3.63, 3.8) is 0 Å². The van der Waals surface area contributed by atoms with Crippen molar-refractivity contribution >= 4 is 11.6 Å². The number of hydrogen-bond acceptors (Lipinski definition) is 4. The fraction of sp³-hybridized carbons (Fsp3) is 0.444. The smallest absolute Gasteiger partial charge is 0.259 e. The topological polar surface area (TPSA) is 68.3 Å². The van der Waals surface area contributed by atoms with Crippen molar-refractivity contribution in [1.82, 2.24) is 29.3 Å². The van der Waals surface area contributed by atoms with Gasteiger partial charge in [0.1, 0.15) is 5.56 Å². The molecule has 3 aromatic rings.